The molecule has 5 nitrogen and oxygen atoms in total. The van der Waals surface area contributed by atoms with E-state index in [-0.39, 0.29) is 12.5 Å². The van der Waals surface area contributed by atoms with Crippen molar-refractivity contribution in [2.45, 2.75) is 19.4 Å². The first kappa shape index (κ1) is 13.7. The summed E-state index contributed by atoms with van der Waals surface area (Å²) in [5, 5.41) is 2.25. The Kier molecular flexibility index (Phi) is 3.99. The molecule has 1 saturated heterocycles. The van der Waals surface area contributed by atoms with E-state index in [0.29, 0.717) is 12.0 Å². The molecule has 0 aliphatic carbocycles. The van der Waals surface area contributed by atoms with E-state index in [4.69, 9.17) is 0 Å². The van der Waals surface area contributed by atoms with Gasteiger partial charge in [0.2, 0.25) is 11.8 Å². The van der Waals surface area contributed by atoms with Gasteiger partial charge < -0.3 is 4.90 Å². The van der Waals surface area contributed by atoms with Crippen molar-refractivity contribution in [1.82, 2.24) is 10.2 Å². The van der Waals surface area contributed by atoms with Crippen LogP contribution in [-0.2, 0) is 9.59 Å². The van der Waals surface area contributed by atoms with E-state index >= 15 is 0 Å². The van der Waals surface area contributed by atoms with E-state index in [1.165, 1.54) is 4.90 Å². The summed E-state index contributed by atoms with van der Waals surface area (Å²) in [6.45, 7) is 1.72. The van der Waals surface area contributed by atoms with Crippen LogP contribution < -0.4 is 5.32 Å². The van der Waals surface area contributed by atoms with Gasteiger partial charge in [0, 0.05) is 10.0 Å². The average molecular weight is 325 g/mol. The molecule has 1 aliphatic rings. The maximum atomic E-state index is 12.3. The fraction of sp³-hybridized carbons (Fsp3) is 0.308. The smallest absolute Gasteiger partial charge is 0.255 e. The molecule has 2 rings (SSSR count). The van der Waals surface area contributed by atoms with Crippen LogP contribution in [0.1, 0.15) is 23.7 Å². The maximum absolute atomic E-state index is 12.3. The number of piperazine rings is 1. The minimum absolute atomic E-state index is 0.0842. The van der Waals surface area contributed by atoms with E-state index < -0.39 is 17.9 Å². The second-order valence-electron chi connectivity index (χ2n) is 4.28. The molecule has 0 aromatic heterocycles. The molecule has 0 spiro atoms. The van der Waals surface area contributed by atoms with E-state index in [2.05, 4.69) is 21.2 Å². The molecule has 1 unspecified atom stereocenters. The van der Waals surface area contributed by atoms with Gasteiger partial charge in [-0.25, -0.2) is 0 Å². The minimum atomic E-state index is -0.589. The SMILES string of the molecule is CCC1C(=O)NC(=O)CN1C(=O)c1ccc(Br)cc1. The zero-order chi connectivity index (χ0) is 14.0. The van der Waals surface area contributed by atoms with E-state index in [0.717, 1.165) is 4.47 Å². The van der Waals surface area contributed by atoms with E-state index in [9.17, 15) is 14.4 Å². The summed E-state index contributed by atoms with van der Waals surface area (Å²) in [6.07, 6.45) is 0.474. The first-order valence-corrected chi connectivity index (χ1v) is 6.72. The highest BCUT2D eigenvalue weighted by molar-refractivity contribution is 9.10. The lowest BCUT2D eigenvalue weighted by atomic mass is 10.1. The monoisotopic (exact) mass is 324 g/mol. The molecule has 1 aliphatic heterocycles. The number of hydrogen-bond acceptors (Lipinski definition) is 3. The zero-order valence-corrected chi connectivity index (χ0v) is 11.9. The summed E-state index contributed by atoms with van der Waals surface area (Å²) in [6, 6.07) is 6.24. The fourth-order valence-corrected chi connectivity index (χ4v) is 2.31. The third kappa shape index (κ3) is 2.84. The topological polar surface area (TPSA) is 66.5 Å². The molecule has 1 N–H and O–H groups in total. The van der Waals surface area contributed by atoms with Gasteiger partial charge in [-0.1, -0.05) is 22.9 Å². The van der Waals surface area contributed by atoms with Crippen LogP contribution in [0.2, 0.25) is 0 Å². The van der Waals surface area contributed by atoms with Crippen molar-refractivity contribution in [3.05, 3.63) is 34.3 Å². The molecule has 1 fully saturated rings. The van der Waals surface area contributed by atoms with Crippen LogP contribution in [0, 0.1) is 0 Å². The first-order chi connectivity index (χ1) is 9.02. The Morgan fingerprint density at radius 2 is 2.00 bits per heavy atom. The Morgan fingerprint density at radius 3 is 2.58 bits per heavy atom. The predicted molar refractivity (Wildman–Crippen MR) is 72.4 cm³/mol. The Bertz CT molecular complexity index is 527. The Balaban J connectivity index is 2.27. The molecular weight excluding hydrogens is 312 g/mol. The van der Waals surface area contributed by atoms with Crippen molar-refractivity contribution in [2.75, 3.05) is 6.54 Å². The van der Waals surface area contributed by atoms with Gasteiger partial charge in [0.1, 0.15) is 12.6 Å². The van der Waals surface area contributed by atoms with Gasteiger partial charge in [-0.2, -0.15) is 0 Å². The zero-order valence-electron chi connectivity index (χ0n) is 10.4. The minimum Gasteiger partial charge on any atom is -0.317 e. The second kappa shape index (κ2) is 5.52. The standard InChI is InChI=1S/C13H13BrN2O3/c1-2-10-12(18)15-11(17)7-16(10)13(19)8-3-5-9(14)6-4-8/h3-6,10H,2,7H2,1H3,(H,15,17,18). The first-order valence-electron chi connectivity index (χ1n) is 5.93. The molecule has 0 bridgehead atoms. The molecule has 100 valence electrons. The number of imide groups is 1. The lowest BCUT2D eigenvalue weighted by Gasteiger charge is -2.33. The summed E-state index contributed by atoms with van der Waals surface area (Å²) in [5.41, 5.74) is 0.462. The lowest BCUT2D eigenvalue weighted by Crippen LogP contribution is -2.59. The Morgan fingerprint density at radius 1 is 1.37 bits per heavy atom. The molecule has 0 saturated carbocycles. The summed E-state index contributed by atoms with van der Waals surface area (Å²) < 4.78 is 0.864. The average Bonchev–Trinajstić information content (AvgIpc) is 2.38. The summed E-state index contributed by atoms with van der Waals surface area (Å²) in [4.78, 5) is 36.8. The maximum Gasteiger partial charge on any atom is 0.255 e. The van der Waals surface area contributed by atoms with Crippen LogP contribution in [0.4, 0.5) is 0 Å². The van der Waals surface area contributed by atoms with Crippen molar-refractivity contribution in [2.24, 2.45) is 0 Å². The summed E-state index contributed by atoms with van der Waals surface area (Å²) >= 11 is 3.29. The molecular formula is C13H13BrN2O3. The second-order valence-corrected chi connectivity index (χ2v) is 5.19. The van der Waals surface area contributed by atoms with Gasteiger partial charge in [0.25, 0.3) is 5.91 Å². The number of carbonyl (C=O) groups excluding carboxylic acids is 3. The van der Waals surface area contributed by atoms with Crippen LogP contribution >= 0.6 is 15.9 Å². The lowest BCUT2D eigenvalue weighted by molar-refractivity contribution is -0.138. The highest BCUT2D eigenvalue weighted by atomic mass is 79.9. The molecule has 6 heteroatoms. The highest BCUT2D eigenvalue weighted by Crippen LogP contribution is 2.16. The number of halogens is 1. The number of carbonyl (C=O) groups is 3. The van der Waals surface area contributed by atoms with Crippen LogP contribution in [-0.4, -0.2) is 35.2 Å². The van der Waals surface area contributed by atoms with Crippen LogP contribution in [0.15, 0.2) is 28.7 Å². The summed E-state index contributed by atoms with van der Waals surface area (Å²) in [7, 11) is 0. The van der Waals surface area contributed by atoms with Gasteiger partial charge in [-0.05, 0) is 30.7 Å². The number of nitrogens with one attached hydrogen (secondary N) is 1. The third-order valence-corrected chi connectivity index (χ3v) is 3.52. The molecule has 1 aromatic rings. The number of rotatable bonds is 2. The molecule has 1 heterocycles. The normalized spacial score (nSPS) is 19.3. The number of amides is 3. The highest BCUT2D eigenvalue weighted by Gasteiger charge is 2.35. The van der Waals surface area contributed by atoms with Crippen molar-refractivity contribution in [3.8, 4) is 0 Å². The number of nitrogens with zero attached hydrogens (tertiary/aromatic N) is 1. The molecule has 1 atom stereocenters. The van der Waals surface area contributed by atoms with Crippen LogP contribution in [0.25, 0.3) is 0 Å². The van der Waals surface area contributed by atoms with Crippen molar-refractivity contribution < 1.29 is 14.4 Å². The van der Waals surface area contributed by atoms with E-state index in [1.807, 2.05) is 6.92 Å². The number of benzene rings is 1. The van der Waals surface area contributed by atoms with Gasteiger partial charge in [-0.15, -0.1) is 0 Å². The van der Waals surface area contributed by atoms with Gasteiger partial charge >= 0.3 is 0 Å². The molecule has 1 aromatic carbocycles. The van der Waals surface area contributed by atoms with Gasteiger partial charge in [-0.3, -0.25) is 19.7 Å². The summed E-state index contributed by atoms with van der Waals surface area (Å²) in [5.74, 6) is -1.16. The van der Waals surface area contributed by atoms with Crippen LogP contribution in [0.3, 0.4) is 0 Å². The van der Waals surface area contributed by atoms with Crippen molar-refractivity contribution >= 4 is 33.7 Å². The largest absolute Gasteiger partial charge is 0.317 e. The van der Waals surface area contributed by atoms with Crippen LogP contribution in [0.5, 0.6) is 0 Å². The number of hydrogen-bond donors (Lipinski definition) is 1. The van der Waals surface area contributed by atoms with Crippen molar-refractivity contribution in [1.29, 1.82) is 0 Å². The fourth-order valence-electron chi connectivity index (χ4n) is 2.04. The Labute approximate surface area is 119 Å². The molecule has 19 heavy (non-hydrogen) atoms. The molecule has 3 amide bonds. The quantitative estimate of drug-likeness (QED) is 0.834. The van der Waals surface area contributed by atoms with E-state index in [1.54, 1.807) is 24.3 Å². The third-order valence-electron chi connectivity index (χ3n) is 2.99. The van der Waals surface area contributed by atoms with Gasteiger partial charge in [0.05, 0.1) is 0 Å². The molecule has 0 radical (unpaired) electrons. The Hall–Kier alpha value is -1.69. The van der Waals surface area contributed by atoms with Gasteiger partial charge in [0.15, 0.2) is 0 Å². The van der Waals surface area contributed by atoms with Crippen molar-refractivity contribution in [3.63, 3.8) is 0 Å². The predicted octanol–water partition coefficient (Wildman–Crippen LogP) is 1.33.